The second-order valence-corrected chi connectivity index (χ2v) is 4.56. The van der Waals surface area contributed by atoms with E-state index in [2.05, 4.69) is 11.8 Å². The van der Waals surface area contributed by atoms with Crippen molar-refractivity contribution in [2.75, 3.05) is 40.0 Å². The zero-order chi connectivity index (χ0) is 15.7. The highest BCUT2D eigenvalue weighted by atomic mass is 16.5. The molecule has 1 rings (SSSR count). The van der Waals surface area contributed by atoms with E-state index < -0.39 is 0 Å². The second kappa shape index (κ2) is 9.14. The lowest BCUT2D eigenvalue weighted by atomic mass is 10.1. The Hall–Kier alpha value is -1.87. The smallest absolute Gasteiger partial charge is 0.254 e. The number of nitrogens with zero attached hydrogens (tertiary/aromatic N) is 1. The Bertz CT molecular complexity index is 531. The maximum absolute atomic E-state index is 12.5. The first kappa shape index (κ1) is 17.2. The molecule has 0 unspecified atom stereocenters. The number of rotatable bonds is 6. The summed E-state index contributed by atoms with van der Waals surface area (Å²) < 4.78 is 4.98. The van der Waals surface area contributed by atoms with Crippen molar-refractivity contribution in [3.63, 3.8) is 0 Å². The Kier molecular flexibility index (Phi) is 7.48. The summed E-state index contributed by atoms with van der Waals surface area (Å²) in [6.45, 7) is 2.65. The molecule has 0 bridgehead atoms. The van der Waals surface area contributed by atoms with Crippen LogP contribution >= 0.6 is 0 Å². The van der Waals surface area contributed by atoms with Crippen molar-refractivity contribution in [1.29, 1.82) is 0 Å². The summed E-state index contributed by atoms with van der Waals surface area (Å²) in [7, 11) is 1.57. The van der Waals surface area contributed by atoms with Crippen LogP contribution in [-0.4, -0.2) is 61.0 Å². The largest absolute Gasteiger partial charge is 0.395 e. The number of methoxy groups -OCH3 is 1. The maximum Gasteiger partial charge on any atom is 0.254 e. The molecule has 5 nitrogen and oxygen atoms in total. The zero-order valence-corrected chi connectivity index (χ0v) is 12.4. The molecule has 0 saturated heterocycles. The number of carbonyl (C=O) groups is 1. The number of ether oxygens (including phenoxy) is 1. The number of aliphatic hydroxyl groups is 2. The number of carbonyl (C=O) groups excluding carboxylic acids is 1. The minimum Gasteiger partial charge on any atom is -0.395 e. The van der Waals surface area contributed by atoms with Crippen LogP contribution in [0.3, 0.4) is 0 Å². The van der Waals surface area contributed by atoms with E-state index >= 15 is 0 Å². The van der Waals surface area contributed by atoms with E-state index in [1.54, 1.807) is 24.1 Å². The normalized spacial score (nSPS) is 9.90. The molecule has 0 aliphatic carbocycles. The maximum atomic E-state index is 12.5. The molecule has 0 spiro atoms. The summed E-state index contributed by atoms with van der Waals surface area (Å²) in [5.74, 6) is 5.20. The molecule has 0 heterocycles. The number of aryl methyl sites for hydroxylation is 1. The monoisotopic (exact) mass is 291 g/mol. The van der Waals surface area contributed by atoms with Gasteiger partial charge in [-0.25, -0.2) is 0 Å². The van der Waals surface area contributed by atoms with Gasteiger partial charge in [0.05, 0.1) is 13.2 Å². The average molecular weight is 291 g/mol. The summed E-state index contributed by atoms with van der Waals surface area (Å²) in [6, 6.07) is 5.32. The van der Waals surface area contributed by atoms with Crippen LogP contribution in [0.1, 0.15) is 21.5 Å². The van der Waals surface area contributed by atoms with Gasteiger partial charge in [-0.15, -0.1) is 0 Å². The van der Waals surface area contributed by atoms with Crippen LogP contribution in [0, 0.1) is 18.8 Å². The minimum atomic E-state index is -0.221. The number of amides is 1. The van der Waals surface area contributed by atoms with E-state index in [1.807, 2.05) is 13.0 Å². The zero-order valence-electron chi connectivity index (χ0n) is 12.4. The van der Waals surface area contributed by atoms with Crippen LogP contribution in [0.4, 0.5) is 0 Å². The number of aliphatic hydroxyl groups excluding tert-OH is 2. The van der Waals surface area contributed by atoms with Gasteiger partial charge in [-0.3, -0.25) is 4.79 Å². The predicted molar refractivity (Wildman–Crippen MR) is 80.0 cm³/mol. The Labute approximate surface area is 125 Å². The van der Waals surface area contributed by atoms with E-state index in [1.165, 1.54) is 0 Å². The van der Waals surface area contributed by atoms with Crippen LogP contribution in [-0.2, 0) is 4.74 Å². The van der Waals surface area contributed by atoms with E-state index in [0.717, 1.165) is 5.56 Å². The quantitative estimate of drug-likeness (QED) is 0.745. The molecule has 0 aliphatic rings. The molecule has 0 aromatic heterocycles. The highest BCUT2D eigenvalue weighted by molar-refractivity contribution is 5.94. The Balaban J connectivity index is 3.00. The molecule has 21 heavy (non-hydrogen) atoms. The molecule has 0 fully saturated rings. The molecule has 0 saturated carbocycles. The van der Waals surface area contributed by atoms with Gasteiger partial charge >= 0.3 is 0 Å². The van der Waals surface area contributed by atoms with Gasteiger partial charge < -0.3 is 19.8 Å². The van der Waals surface area contributed by atoms with E-state index in [-0.39, 0.29) is 25.7 Å². The van der Waals surface area contributed by atoms with Crippen molar-refractivity contribution in [3.8, 4) is 11.8 Å². The predicted octanol–water partition coefficient (Wildman–Crippen LogP) is 0.420. The van der Waals surface area contributed by atoms with Crippen molar-refractivity contribution in [3.05, 3.63) is 34.9 Å². The fraction of sp³-hybridized carbons (Fsp3) is 0.438. The fourth-order valence-electron chi connectivity index (χ4n) is 1.94. The van der Waals surface area contributed by atoms with Crippen molar-refractivity contribution in [1.82, 2.24) is 4.90 Å². The molecule has 0 aliphatic heterocycles. The SMILES string of the molecule is COCCN(CCO)C(=O)c1cc(C)cc(C#CCO)c1. The van der Waals surface area contributed by atoms with Gasteiger partial charge in [0.25, 0.3) is 5.91 Å². The van der Waals surface area contributed by atoms with Crippen molar-refractivity contribution < 1.29 is 19.7 Å². The standard InChI is InChI=1S/C16H21NO4/c1-13-10-14(4-3-7-18)12-15(11-13)16(20)17(5-8-19)6-9-21-2/h10-12,18-19H,5-9H2,1-2H3. The molecule has 2 N–H and O–H groups in total. The Morgan fingerprint density at radius 2 is 2.05 bits per heavy atom. The van der Waals surface area contributed by atoms with Gasteiger partial charge in [-0.2, -0.15) is 0 Å². The molecule has 0 atom stereocenters. The van der Waals surface area contributed by atoms with E-state index in [0.29, 0.717) is 24.3 Å². The van der Waals surface area contributed by atoms with Gasteiger partial charge in [0, 0.05) is 31.3 Å². The summed E-state index contributed by atoms with van der Waals surface area (Å²) in [4.78, 5) is 14.0. The van der Waals surface area contributed by atoms with Crippen LogP contribution in [0.5, 0.6) is 0 Å². The lowest BCUT2D eigenvalue weighted by Gasteiger charge is -2.21. The third kappa shape index (κ3) is 5.56. The highest BCUT2D eigenvalue weighted by Gasteiger charge is 2.15. The van der Waals surface area contributed by atoms with Gasteiger partial charge in [-0.05, 0) is 30.7 Å². The lowest BCUT2D eigenvalue weighted by molar-refractivity contribution is 0.0656. The average Bonchev–Trinajstić information content (AvgIpc) is 2.48. The first-order valence-electron chi connectivity index (χ1n) is 6.73. The summed E-state index contributed by atoms with van der Waals surface area (Å²) >= 11 is 0. The molecule has 1 amide bonds. The molecular weight excluding hydrogens is 270 g/mol. The van der Waals surface area contributed by atoms with Gasteiger partial charge in [0.1, 0.15) is 6.61 Å². The van der Waals surface area contributed by atoms with Crippen LogP contribution in [0.2, 0.25) is 0 Å². The van der Waals surface area contributed by atoms with E-state index in [4.69, 9.17) is 14.9 Å². The number of benzene rings is 1. The highest BCUT2D eigenvalue weighted by Crippen LogP contribution is 2.12. The third-order valence-electron chi connectivity index (χ3n) is 2.86. The van der Waals surface area contributed by atoms with E-state index in [9.17, 15) is 4.79 Å². The van der Waals surface area contributed by atoms with Gasteiger partial charge in [-0.1, -0.05) is 11.8 Å². The van der Waals surface area contributed by atoms with Gasteiger partial charge in [0.15, 0.2) is 0 Å². The molecular formula is C16H21NO4. The lowest BCUT2D eigenvalue weighted by Crippen LogP contribution is -2.36. The first-order chi connectivity index (χ1) is 10.1. The second-order valence-electron chi connectivity index (χ2n) is 4.56. The van der Waals surface area contributed by atoms with Crippen LogP contribution in [0.15, 0.2) is 18.2 Å². The molecule has 114 valence electrons. The van der Waals surface area contributed by atoms with Crippen LogP contribution < -0.4 is 0 Å². The Morgan fingerprint density at radius 3 is 2.67 bits per heavy atom. The van der Waals surface area contributed by atoms with Crippen molar-refractivity contribution in [2.45, 2.75) is 6.92 Å². The molecule has 5 heteroatoms. The van der Waals surface area contributed by atoms with Crippen molar-refractivity contribution >= 4 is 5.91 Å². The molecule has 1 aromatic carbocycles. The van der Waals surface area contributed by atoms with Crippen molar-refractivity contribution in [2.24, 2.45) is 0 Å². The minimum absolute atomic E-state index is 0.0988. The Morgan fingerprint density at radius 1 is 1.29 bits per heavy atom. The number of hydrogen-bond acceptors (Lipinski definition) is 4. The number of hydrogen-bond donors (Lipinski definition) is 2. The van der Waals surface area contributed by atoms with Gasteiger partial charge in [0.2, 0.25) is 0 Å². The fourth-order valence-corrected chi connectivity index (χ4v) is 1.94. The third-order valence-corrected chi connectivity index (χ3v) is 2.86. The van der Waals surface area contributed by atoms with Crippen LogP contribution in [0.25, 0.3) is 0 Å². The summed E-state index contributed by atoms with van der Waals surface area (Å²) in [6.07, 6.45) is 0. The summed E-state index contributed by atoms with van der Waals surface area (Å²) in [5.41, 5.74) is 2.11. The summed E-state index contributed by atoms with van der Waals surface area (Å²) in [5, 5.41) is 17.8. The first-order valence-corrected chi connectivity index (χ1v) is 6.73. The molecule has 1 aromatic rings. The topological polar surface area (TPSA) is 70.0 Å². The molecule has 0 radical (unpaired) electrons.